The third-order valence-electron chi connectivity index (χ3n) is 3.70. The van der Waals surface area contributed by atoms with Crippen molar-refractivity contribution in [3.63, 3.8) is 0 Å². The van der Waals surface area contributed by atoms with Gasteiger partial charge >= 0.3 is 0 Å². The Morgan fingerprint density at radius 2 is 2.08 bits per heavy atom. The van der Waals surface area contributed by atoms with Gasteiger partial charge in [0.2, 0.25) is 5.91 Å². The molecule has 0 spiro atoms. The molecule has 2 N–H and O–H groups in total. The molecule has 2 aromatic heterocycles. The van der Waals surface area contributed by atoms with Crippen LogP contribution in [0.3, 0.4) is 0 Å². The van der Waals surface area contributed by atoms with E-state index in [1.807, 2.05) is 37.3 Å². The molecule has 0 aliphatic rings. The first-order chi connectivity index (χ1) is 12.1. The highest BCUT2D eigenvalue weighted by Gasteiger charge is 2.09. The summed E-state index contributed by atoms with van der Waals surface area (Å²) < 4.78 is 0. The first kappa shape index (κ1) is 16.9. The van der Waals surface area contributed by atoms with E-state index in [4.69, 9.17) is 11.6 Å². The Hall–Kier alpha value is -2.92. The summed E-state index contributed by atoms with van der Waals surface area (Å²) >= 11 is 6.24. The number of pyridine rings is 2. The zero-order chi connectivity index (χ0) is 17.8. The van der Waals surface area contributed by atoms with Crippen molar-refractivity contribution in [3.8, 4) is 11.3 Å². The van der Waals surface area contributed by atoms with Crippen LogP contribution in [-0.4, -0.2) is 22.4 Å². The van der Waals surface area contributed by atoms with Gasteiger partial charge in [0.05, 0.1) is 22.6 Å². The van der Waals surface area contributed by atoms with Gasteiger partial charge < -0.3 is 10.6 Å². The Balaban J connectivity index is 2.05. The van der Waals surface area contributed by atoms with E-state index in [1.54, 1.807) is 12.3 Å². The molecule has 0 fully saturated rings. The third kappa shape index (κ3) is 3.61. The zero-order valence-electron chi connectivity index (χ0n) is 13.7. The lowest BCUT2D eigenvalue weighted by Gasteiger charge is -2.10. The molecule has 2 heterocycles. The highest BCUT2D eigenvalue weighted by atomic mass is 35.5. The van der Waals surface area contributed by atoms with E-state index >= 15 is 0 Å². The predicted octanol–water partition coefficient (Wildman–Crippen LogP) is 4.51. The lowest BCUT2D eigenvalue weighted by atomic mass is 10.1. The van der Waals surface area contributed by atoms with Crippen molar-refractivity contribution in [1.82, 2.24) is 9.97 Å². The van der Waals surface area contributed by atoms with Crippen molar-refractivity contribution in [3.05, 3.63) is 60.4 Å². The molecule has 0 saturated heterocycles. The van der Waals surface area contributed by atoms with E-state index in [0.29, 0.717) is 10.8 Å². The van der Waals surface area contributed by atoms with Gasteiger partial charge in [-0.2, -0.15) is 0 Å². The molecule has 6 heteroatoms. The lowest BCUT2D eigenvalue weighted by Crippen LogP contribution is -2.07. The zero-order valence-corrected chi connectivity index (χ0v) is 14.5. The highest BCUT2D eigenvalue weighted by molar-refractivity contribution is 6.32. The number of benzene rings is 1. The molecule has 0 unspecified atom stereocenters. The van der Waals surface area contributed by atoms with Crippen molar-refractivity contribution in [1.29, 1.82) is 0 Å². The fourth-order valence-corrected chi connectivity index (χ4v) is 2.74. The van der Waals surface area contributed by atoms with E-state index in [9.17, 15) is 4.79 Å². The molecule has 0 saturated carbocycles. The van der Waals surface area contributed by atoms with Gasteiger partial charge in [0.25, 0.3) is 0 Å². The first-order valence-corrected chi connectivity index (χ1v) is 8.23. The fourth-order valence-electron chi connectivity index (χ4n) is 2.52. The first-order valence-electron chi connectivity index (χ1n) is 7.85. The van der Waals surface area contributed by atoms with Gasteiger partial charge in [0, 0.05) is 23.7 Å². The average Bonchev–Trinajstić information content (AvgIpc) is 2.63. The Kier molecular flexibility index (Phi) is 4.95. The normalized spacial score (nSPS) is 10.5. The number of carbonyl (C=O) groups excluding carboxylic acids is 1. The lowest BCUT2D eigenvalue weighted by molar-refractivity contribution is -0.111. The molecule has 3 aromatic rings. The van der Waals surface area contributed by atoms with Crippen LogP contribution < -0.4 is 10.6 Å². The van der Waals surface area contributed by atoms with Crippen LogP contribution in [0.4, 0.5) is 11.4 Å². The van der Waals surface area contributed by atoms with E-state index in [2.05, 4.69) is 27.2 Å². The summed E-state index contributed by atoms with van der Waals surface area (Å²) in [6, 6.07) is 11.3. The summed E-state index contributed by atoms with van der Waals surface area (Å²) in [5.74, 6) is -0.269. The summed E-state index contributed by atoms with van der Waals surface area (Å²) in [6.07, 6.45) is 2.89. The number of aromatic nitrogens is 2. The van der Waals surface area contributed by atoms with E-state index in [0.717, 1.165) is 34.4 Å². The molecule has 126 valence electrons. The molecular weight excluding hydrogens is 336 g/mol. The quantitative estimate of drug-likeness (QED) is 0.524. The number of fused-ring (bicyclic) bond motifs is 1. The SMILES string of the molecule is C=CC(=O)Nc1ccnc2ccc(-c3ccc(NCC)c(Cl)n3)cc12. The van der Waals surface area contributed by atoms with Gasteiger partial charge in [-0.15, -0.1) is 0 Å². The van der Waals surface area contributed by atoms with Crippen LogP contribution in [0.1, 0.15) is 6.92 Å². The maximum absolute atomic E-state index is 11.6. The van der Waals surface area contributed by atoms with Crippen molar-refractivity contribution < 1.29 is 4.79 Å². The molecule has 0 aliphatic heterocycles. The van der Waals surface area contributed by atoms with Gasteiger partial charge in [-0.3, -0.25) is 9.78 Å². The van der Waals surface area contributed by atoms with Crippen LogP contribution in [0, 0.1) is 0 Å². The second-order valence-corrected chi connectivity index (χ2v) is 5.71. The highest BCUT2D eigenvalue weighted by Crippen LogP contribution is 2.29. The van der Waals surface area contributed by atoms with E-state index in [-0.39, 0.29) is 5.91 Å². The molecule has 1 amide bonds. The Bertz CT molecular complexity index is 955. The van der Waals surface area contributed by atoms with Crippen LogP contribution in [0.25, 0.3) is 22.2 Å². The number of rotatable bonds is 5. The summed E-state index contributed by atoms with van der Waals surface area (Å²) in [5.41, 5.74) is 3.89. The van der Waals surface area contributed by atoms with Gasteiger partial charge in [-0.05, 0) is 43.3 Å². The van der Waals surface area contributed by atoms with Crippen molar-refractivity contribution in [2.75, 3.05) is 17.2 Å². The molecule has 0 radical (unpaired) electrons. The fraction of sp³-hybridized carbons (Fsp3) is 0.105. The van der Waals surface area contributed by atoms with Crippen molar-refractivity contribution in [2.24, 2.45) is 0 Å². The number of halogens is 1. The summed E-state index contributed by atoms with van der Waals surface area (Å²) in [5, 5.41) is 7.20. The summed E-state index contributed by atoms with van der Waals surface area (Å²) in [4.78, 5) is 20.4. The summed E-state index contributed by atoms with van der Waals surface area (Å²) in [7, 11) is 0. The molecular formula is C19H17ClN4O. The molecule has 5 nitrogen and oxygen atoms in total. The number of nitrogens with zero attached hydrogens (tertiary/aromatic N) is 2. The molecule has 1 aromatic carbocycles. The Morgan fingerprint density at radius 1 is 1.24 bits per heavy atom. The second-order valence-electron chi connectivity index (χ2n) is 5.35. The number of carbonyl (C=O) groups is 1. The van der Waals surface area contributed by atoms with Crippen LogP contribution >= 0.6 is 11.6 Å². The van der Waals surface area contributed by atoms with Gasteiger partial charge in [0.15, 0.2) is 5.15 Å². The minimum atomic E-state index is -0.269. The van der Waals surface area contributed by atoms with Crippen LogP contribution in [-0.2, 0) is 4.79 Å². The Morgan fingerprint density at radius 3 is 2.80 bits per heavy atom. The molecule has 25 heavy (non-hydrogen) atoms. The number of hydrogen-bond donors (Lipinski definition) is 2. The van der Waals surface area contributed by atoms with E-state index < -0.39 is 0 Å². The molecule has 0 bridgehead atoms. The Labute approximate surface area is 150 Å². The topological polar surface area (TPSA) is 66.9 Å². The number of amides is 1. The van der Waals surface area contributed by atoms with Gasteiger partial charge in [-0.25, -0.2) is 4.98 Å². The molecule has 0 atom stereocenters. The van der Waals surface area contributed by atoms with Crippen LogP contribution in [0.2, 0.25) is 5.15 Å². The predicted molar refractivity (Wildman–Crippen MR) is 103 cm³/mol. The van der Waals surface area contributed by atoms with Gasteiger partial charge in [0.1, 0.15) is 0 Å². The second kappa shape index (κ2) is 7.32. The summed E-state index contributed by atoms with van der Waals surface area (Å²) in [6.45, 7) is 6.25. The number of nitrogens with one attached hydrogen (secondary N) is 2. The molecule has 0 aliphatic carbocycles. The maximum Gasteiger partial charge on any atom is 0.247 e. The van der Waals surface area contributed by atoms with Crippen LogP contribution in [0.15, 0.2) is 55.3 Å². The monoisotopic (exact) mass is 352 g/mol. The number of anilines is 2. The smallest absolute Gasteiger partial charge is 0.247 e. The maximum atomic E-state index is 11.6. The van der Waals surface area contributed by atoms with Crippen LogP contribution in [0.5, 0.6) is 0 Å². The van der Waals surface area contributed by atoms with Crippen molar-refractivity contribution >= 4 is 39.8 Å². The standard InChI is InChI=1S/C19H17ClN4O/c1-3-18(25)23-16-9-10-22-15-6-5-12(11-13(15)16)14-7-8-17(21-4-2)19(20)24-14/h3,5-11,21H,1,4H2,2H3,(H,22,23,25). The number of hydrogen-bond acceptors (Lipinski definition) is 4. The third-order valence-corrected chi connectivity index (χ3v) is 3.98. The van der Waals surface area contributed by atoms with Gasteiger partial charge in [-0.1, -0.05) is 24.2 Å². The average molecular weight is 353 g/mol. The largest absolute Gasteiger partial charge is 0.383 e. The van der Waals surface area contributed by atoms with Crippen molar-refractivity contribution in [2.45, 2.75) is 6.92 Å². The minimum Gasteiger partial charge on any atom is -0.383 e. The minimum absolute atomic E-state index is 0.269. The molecule has 3 rings (SSSR count). The van der Waals surface area contributed by atoms with E-state index in [1.165, 1.54) is 6.08 Å².